The van der Waals surface area contributed by atoms with Gasteiger partial charge in [-0.1, -0.05) is 6.08 Å². The minimum atomic E-state index is -1.42. The van der Waals surface area contributed by atoms with E-state index in [1.807, 2.05) is 0 Å². The number of rotatable bonds is 3. The molecule has 0 spiro atoms. The Balaban J connectivity index is 3.65. The summed E-state index contributed by atoms with van der Waals surface area (Å²) in [4.78, 5) is 20.0. The molecule has 0 aromatic carbocycles. The molecule has 0 heterocycles. The predicted octanol–water partition coefficient (Wildman–Crippen LogP) is -0.497. The van der Waals surface area contributed by atoms with Crippen molar-refractivity contribution in [3.8, 4) is 0 Å². The molecule has 0 aliphatic rings. The van der Waals surface area contributed by atoms with Crippen LogP contribution in [0.3, 0.4) is 0 Å². The summed E-state index contributed by atoms with van der Waals surface area (Å²) < 4.78 is 0. The lowest BCUT2D eigenvalue weighted by atomic mass is 10.3. The minimum absolute atomic E-state index is 0.133. The minimum Gasteiger partial charge on any atom is -0.475 e. The fraction of sp³-hybridized carbons (Fsp3) is 0.200. The molecule has 0 bridgehead atoms. The number of carbonyl (C=O) groups excluding carboxylic acids is 1. The lowest BCUT2D eigenvalue weighted by molar-refractivity contribution is -0.148. The van der Waals surface area contributed by atoms with E-state index in [0.717, 1.165) is 6.20 Å². The van der Waals surface area contributed by atoms with E-state index in [2.05, 4.69) is 0 Å². The Morgan fingerprint density at radius 2 is 2.11 bits per heavy atom. The van der Waals surface area contributed by atoms with E-state index in [0.29, 0.717) is 0 Å². The number of carboxylic acids is 1. The zero-order valence-corrected chi connectivity index (χ0v) is 4.70. The molecule has 0 fully saturated rings. The molecule has 0 rings (SSSR count). The Bertz CT molecular complexity index is 150. The summed E-state index contributed by atoms with van der Waals surface area (Å²) in [5.41, 5.74) is 4.85. The Labute approximate surface area is 52.0 Å². The van der Waals surface area contributed by atoms with Gasteiger partial charge in [-0.2, -0.15) is 0 Å². The number of hydrogen-bond donors (Lipinski definition) is 2. The van der Waals surface area contributed by atoms with Crippen molar-refractivity contribution < 1.29 is 14.7 Å². The molecule has 0 aliphatic heterocycles. The van der Waals surface area contributed by atoms with Crippen molar-refractivity contribution >= 4 is 11.8 Å². The normalized spacial score (nSPS) is 9.78. The first kappa shape index (κ1) is 7.68. The van der Waals surface area contributed by atoms with E-state index in [1.165, 1.54) is 6.08 Å². The van der Waals surface area contributed by atoms with Crippen LogP contribution < -0.4 is 5.73 Å². The maximum absolute atomic E-state index is 10.2. The third-order valence-electron chi connectivity index (χ3n) is 0.678. The molecular weight excluding hydrogens is 122 g/mol. The van der Waals surface area contributed by atoms with E-state index in [9.17, 15) is 9.59 Å². The van der Waals surface area contributed by atoms with Crippen molar-refractivity contribution in [2.75, 3.05) is 0 Å². The number of hydrogen-bond acceptors (Lipinski definition) is 3. The summed E-state index contributed by atoms with van der Waals surface area (Å²) in [6, 6.07) is 0. The number of carboxylic acid groups (broad SMARTS) is 1. The molecule has 0 amide bonds. The van der Waals surface area contributed by atoms with E-state index in [1.54, 1.807) is 0 Å². The Morgan fingerprint density at radius 1 is 1.56 bits per heavy atom. The van der Waals surface area contributed by atoms with Crippen molar-refractivity contribution in [1.82, 2.24) is 0 Å². The molecule has 0 unspecified atom stereocenters. The lowest BCUT2D eigenvalue weighted by Gasteiger charge is -1.83. The smallest absolute Gasteiger partial charge is 0.372 e. The molecule has 9 heavy (non-hydrogen) atoms. The topological polar surface area (TPSA) is 80.4 Å². The summed E-state index contributed by atoms with van der Waals surface area (Å²) in [6.07, 6.45) is 2.29. The number of nitrogens with two attached hydrogens (primary N) is 1. The second-order valence-corrected chi connectivity index (χ2v) is 1.36. The van der Waals surface area contributed by atoms with Gasteiger partial charge in [0, 0.05) is 6.42 Å². The summed E-state index contributed by atoms with van der Waals surface area (Å²) >= 11 is 0. The zero-order chi connectivity index (χ0) is 7.28. The molecule has 0 aliphatic carbocycles. The first-order valence-corrected chi connectivity index (χ1v) is 2.31. The van der Waals surface area contributed by atoms with Gasteiger partial charge in [0.05, 0.1) is 0 Å². The maximum atomic E-state index is 10.2. The monoisotopic (exact) mass is 129 g/mol. The first-order chi connectivity index (χ1) is 4.18. The second-order valence-electron chi connectivity index (χ2n) is 1.36. The van der Waals surface area contributed by atoms with Crippen LogP contribution in [0.15, 0.2) is 12.3 Å². The van der Waals surface area contributed by atoms with E-state index < -0.39 is 11.8 Å². The fourth-order valence-electron chi connectivity index (χ4n) is 0.262. The second kappa shape index (κ2) is 3.65. The van der Waals surface area contributed by atoms with Crippen molar-refractivity contribution in [3.63, 3.8) is 0 Å². The Kier molecular flexibility index (Phi) is 3.12. The number of Topliss-reactive ketones (excluding diaryl/α,β-unsaturated/α-hetero) is 1. The van der Waals surface area contributed by atoms with Gasteiger partial charge in [0.1, 0.15) is 0 Å². The molecule has 0 saturated heterocycles. The Morgan fingerprint density at radius 3 is 2.44 bits per heavy atom. The van der Waals surface area contributed by atoms with Gasteiger partial charge in [-0.05, 0) is 6.20 Å². The van der Waals surface area contributed by atoms with E-state index >= 15 is 0 Å². The lowest BCUT2D eigenvalue weighted by Crippen LogP contribution is -2.10. The number of carbonyl (C=O) groups is 2. The van der Waals surface area contributed by atoms with Gasteiger partial charge in [-0.25, -0.2) is 4.79 Å². The molecule has 0 aromatic heterocycles. The van der Waals surface area contributed by atoms with Crippen LogP contribution in [0.5, 0.6) is 0 Å². The molecule has 0 saturated carbocycles. The molecule has 50 valence electrons. The van der Waals surface area contributed by atoms with Crippen LogP contribution in [0.2, 0.25) is 0 Å². The summed E-state index contributed by atoms with van der Waals surface area (Å²) in [6.45, 7) is 0. The highest BCUT2D eigenvalue weighted by molar-refractivity contribution is 6.33. The van der Waals surface area contributed by atoms with Gasteiger partial charge < -0.3 is 10.8 Å². The van der Waals surface area contributed by atoms with Gasteiger partial charge in [0.25, 0.3) is 0 Å². The van der Waals surface area contributed by atoms with Gasteiger partial charge in [0.15, 0.2) is 0 Å². The third-order valence-corrected chi connectivity index (χ3v) is 0.678. The molecule has 4 heteroatoms. The number of ketones is 1. The van der Waals surface area contributed by atoms with Crippen LogP contribution in [0.4, 0.5) is 0 Å². The van der Waals surface area contributed by atoms with Gasteiger partial charge in [-0.15, -0.1) is 0 Å². The van der Waals surface area contributed by atoms with E-state index in [4.69, 9.17) is 10.8 Å². The molecule has 0 radical (unpaired) electrons. The SMILES string of the molecule is NC=CCC(=O)C(=O)O. The van der Waals surface area contributed by atoms with Crippen LogP contribution in [0.1, 0.15) is 6.42 Å². The highest BCUT2D eigenvalue weighted by Crippen LogP contribution is 1.82. The highest BCUT2D eigenvalue weighted by atomic mass is 16.4. The van der Waals surface area contributed by atoms with Gasteiger partial charge in [-0.3, -0.25) is 4.79 Å². The van der Waals surface area contributed by atoms with Crippen molar-refractivity contribution in [3.05, 3.63) is 12.3 Å². The average molecular weight is 129 g/mol. The standard InChI is InChI=1S/C5H7NO3/c6-3-1-2-4(7)5(8)9/h1,3H,2,6H2,(H,8,9). The number of aliphatic carboxylic acids is 1. The van der Waals surface area contributed by atoms with Crippen LogP contribution >= 0.6 is 0 Å². The van der Waals surface area contributed by atoms with Crippen molar-refractivity contribution in [2.45, 2.75) is 6.42 Å². The largest absolute Gasteiger partial charge is 0.475 e. The predicted molar refractivity (Wildman–Crippen MR) is 30.6 cm³/mol. The van der Waals surface area contributed by atoms with Crippen molar-refractivity contribution in [2.24, 2.45) is 5.73 Å². The fourth-order valence-corrected chi connectivity index (χ4v) is 0.262. The third kappa shape index (κ3) is 3.28. The van der Waals surface area contributed by atoms with Crippen LogP contribution in [-0.2, 0) is 9.59 Å². The molecule has 0 aromatic rings. The van der Waals surface area contributed by atoms with E-state index in [-0.39, 0.29) is 6.42 Å². The highest BCUT2D eigenvalue weighted by Gasteiger charge is 2.06. The molecule has 0 atom stereocenters. The molecule has 3 N–H and O–H groups in total. The summed E-state index contributed by atoms with van der Waals surface area (Å²) in [7, 11) is 0. The number of allylic oxidation sites excluding steroid dienone is 1. The summed E-state index contributed by atoms with van der Waals surface area (Å²) in [5, 5.41) is 7.98. The van der Waals surface area contributed by atoms with Crippen molar-refractivity contribution in [1.29, 1.82) is 0 Å². The quantitative estimate of drug-likeness (QED) is 0.503. The summed E-state index contributed by atoms with van der Waals surface area (Å²) in [5.74, 6) is -2.27. The van der Waals surface area contributed by atoms with Crippen LogP contribution in [0, 0.1) is 0 Å². The van der Waals surface area contributed by atoms with Crippen LogP contribution in [0.25, 0.3) is 0 Å². The Hall–Kier alpha value is -1.32. The molecule has 4 nitrogen and oxygen atoms in total. The zero-order valence-electron chi connectivity index (χ0n) is 4.70. The first-order valence-electron chi connectivity index (χ1n) is 2.31. The maximum Gasteiger partial charge on any atom is 0.372 e. The van der Waals surface area contributed by atoms with Gasteiger partial charge >= 0.3 is 5.97 Å². The van der Waals surface area contributed by atoms with Crippen LogP contribution in [-0.4, -0.2) is 16.9 Å². The van der Waals surface area contributed by atoms with Gasteiger partial charge in [0.2, 0.25) is 5.78 Å². The average Bonchev–Trinajstić information content (AvgIpc) is 1.82. The molecular formula is C5H7NO3.